The lowest BCUT2D eigenvalue weighted by molar-refractivity contribution is -0.132. The standard InChI is InChI=1S/C22H22Cl2F4N4O4S/c23-7-8-29-37(35,36)30-12-19(33)32(14-5-6-17(25)18(26)9-14)20(15-3-1-2-4-16(15)24)21(34)31-13-10-22(27,28)11-13/h1-6,9,13,20,29-30H,7-8,10-12H2,(H,31,34). The largest absolute Gasteiger partial charge is 0.351 e. The number of halogens is 6. The fourth-order valence-electron chi connectivity index (χ4n) is 3.68. The van der Waals surface area contributed by atoms with Gasteiger partial charge in [-0.2, -0.15) is 13.1 Å². The Bertz CT molecular complexity index is 1260. The normalized spacial score (nSPS) is 16.1. The van der Waals surface area contributed by atoms with E-state index in [2.05, 4.69) is 10.0 Å². The second-order valence-electron chi connectivity index (χ2n) is 8.16. The Morgan fingerprint density at radius 2 is 1.76 bits per heavy atom. The lowest BCUT2D eigenvalue weighted by atomic mass is 9.87. The van der Waals surface area contributed by atoms with Crippen molar-refractivity contribution >= 4 is 50.9 Å². The summed E-state index contributed by atoms with van der Waals surface area (Å²) in [4.78, 5) is 27.5. The van der Waals surface area contributed by atoms with Crippen molar-refractivity contribution in [1.29, 1.82) is 0 Å². The second-order valence-corrected chi connectivity index (χ2v) is 10.5. The highest BCUT2D eigenvalue weighted by Gasteiger charge is 2.47. The number of amides is 2. The van der Waals surface area contributed by atoms with Crippen molar-refractivity contribution in [3.63, 3.8) is 0 Å². The molecule has 1 fully saturated rings. The van der Waals surface area contributed by atoms with Crippen LogP contribution in [0.25, 0.3) is 0 Å². The topological polar surface area (TPSA) is 108 Å². The highest BCUT2D eigenvalue weighted by molar-refractivity contribution is 7.87. The Hall–Kier alpha value is -2.45. The van der Waals surface area contributed by atoms with E-state index in [1.165, 1.54) is 24.3 Å². The average Bonchev–Trinajstić information content (AvgIpc) is 2.81. The first-order valence-electron chi connectivity index (χ1n) is 10.8. The van der Waals surface area contributed by atoms with Crippen molar-refractivity contribution in [2.45, 2.75) is 30.8 Å². The SMILES string of the molecule is O=C(NC1CC(F)(F)C1)C(c1ccccc1Cl)N(C(=O)CNS(=O)(=O)NCCCl)c1ccc(F)c(F)c1. The Morgan fingerprint density at radius 3 is 2.35 bits per heavy atom. The Morgan fingerprint density at radius 1 is 1.08 bits per heavy atom. The second kappa shape index (κ2) is 11.9. The first-order chi connectivity index (χ1) is 17.3. The summed E-state index contributed by atoms with van der Waals surface area (Å²) in [5.74, 6) is -7.59. The third-order valence-corrected chi connectivity index (χ3v) is 7.03. The molecule has 2 aromatic carbocycles. The van der Waals surface area contributed by atoms with Crippen LogP contribution in [0.5, 0.6) is 0 Å². The van der Waals surface area contributed by atoms with Crippen LogP contribution in [0.3, 0.4) is 0 Å². The maximum Gasteiger partial charge on any atom is 0.277 e. The molecule has 1 unspecified atom stereocenters. The summed E-state index contributed by atoms with van der Waals surface area (Å²) in [6, 6.07) is 5.61. The van der Waals surface area contributed by atoms with Crippen molar-refractivity contribution in [3.05, 3.63) is 64.7 Å². The summed E-state index contributed by atoms with van der Waals surface area (Å²) in [5, 5.41) is 2.43. The van der Waals surface area contributed by atoms with Gasteiger partial charge in [-0.05, 0) is 18.2 Å². The molecule has 0 spiro atoms. The predicted molar refractivity (Wildman–Crippen MR) is 130 cm³/mol. The number of nitrogens with zero attached hydrogens (tertiary/aromatic N) is 1. The lowest BCUT2D eigenvalue weighted by Gasteiger charge is -2.38. The van der Waals surface area contributed by atoms with Crippen LogP contribution in [0.4, 0.5) is 23.2 Å². The van der Waals surface area contributed by atoms with E-state index in [1.54, 1.807) is 0 Å². The molecule has 0 saturated heterocycles. The van der Waals surface area contributed by atoms with Gasteiger partial charge in [-0.25, -0.2) is 22.3 Å². The summed E-state index contributed by atoms with van der Waals surface area (Å²) >= 11 is 11.7. The number of hydrogen-bond acceptors (Lipinski definition) is 4. The van der Waals surface area contributed by atoms with Gasteiger partial charge in [0.15, 0.2) is 11.6 Å². The molecule has 3 N–H and O–H groups in total. The van der Waals surface area contributed by atoms with E-state index in [0.29, 0.717) is 12.1 Å². The van der Waals surface area contributed by atoms with Crippen molar-refractivity contribution in [2.24, 2.45) is 0 Å². The first kappa shape index (κ1) is 29.1. The van der Waals surface area contributed by atoms with Gasteiger partial charge in [-0.3, -0.25) is 14.5 Å². The third kappa shape index (κ3) is 7.54. The molecule has 2 amide bonds. The molecule has 0 heterocycles. The predicted octanol–water partition coefficient (Wildman–Crippen LogP) is 3.27. The monoisotopic (exact) mass is 584 g/mol. The number of rotatable bonds is 11. The molecular formula is C22H22Cl2F4N4O4S. The summed E-state index contributed by atoms with van der Waals surface area (Å²) < 4.78 is 82.8. The minimum atomic E-state index is -4.19. The van der Waals surface area contributed by atoms with E-state index in [-0.39, 0.29) is 28.7 Å². The van der Waals surface area contributed by atoms with Crippen LogP contribution in [0.15, 0.2) is 42.5 Å². The van der Waals surface area contributed by atoms with Crippen molar-refractivity contribution < 1.29 is 35.6 Å². The molecule has 1 aliphatic rings. The van der Waals surface area contributed by atoms with Crippen LogP contribution in [-0.4, -0.2) is 51.2 Å². The van der Waals surface area contributed by atoms with Crippen molar-refractivity contribution in [3.8, 4) is 0 Å². The van der Waals surface area contributed by atoms with E-state index < -0.39 is 71.1 Å². The molecule has 37 heavy (non-hydrogen) atoms. The fraction of sp³-hybridized carbons (Fsp3) is 0.364. The van der Waals surface area contributed by atoms with E-state index in [4.69, 9.17) is 23.2 Å². The summed E-state index contributed by atoms with van der Waals surface area (Å²) in [7, 11) is -4.19. The van der Waals surface area contributed by atoms with Gasteiger partial charge >= 0.3 is 0 Å². The Labute approximate surface area is 220 Å². The van der Waals surface area contributed by atoms with Gasteiger partial charge in [0.1, 0.15) is 6.04 Å². The number of alkyl halides is 3. The van der Waals surface area contributed by atoms with E-state index in [1.807, 2.05) is 4.72 Å². The van der Waals surface area contributed by atoms with Gasteiger partial charge in [0.05, 0.1) is 6.54 Å². The number of carbonyl (C=O) groups excluding carboxylic acids is 2. The van der Waals surface area contributed by atoms with Crippen molar-refractivity contribution in [1.82, 2.24) is 14.8 Å². The maximum atomic E-state index is 14.2. The summed E-state index contributed by atoms with van der Waals surface area (Å²) in [6.45, 7) is -1.05. The van der Waals surface area contributed by atoms with Crippen molar-refractivity contribution in [2.75, 3.05) is 23.9 Å². The van der Waals surface area contributed by atoms with E-state index >= 15 is 0 Å². The zero-order valence-electron chi connectivity index (χ0n) is 19.0. The van der Waals surface area contributed by atoms with Gasteiger partial charge in [-0.15, -0.1) is 11.6 Å². The molecule has 3 rings (SSSR count). The third-order valence-electron chi connectivity index (χ3n) is 5.39. The molecule has 1 saturated carbocycles. The average molecular weight is 585 g/mol. The summed E-state index contributed by atoms with van der Waals surface area (Å²) in [5.41, 5.74) is -0.273. The Kier molecular flexibility index (Phi) is 9.40. The number of carbonyl (C=O) groups is 2. The highest BCUT2D eigenvalue weighted by Crippen LogP contribution is 2.39. The Balaban J connectivity index is 2.03. The fourth-order valence-corrected chi connectivity index (χ4v) is 4.91. The minimum Gasteiger partial charge on any atom is -0.351 e. The van der Waals surface area contributed by atoms with Gasteiger partial charge in [0.25, 0.3) is 16.1 Å². The van der Waals surface area contributed by atoms with Gasteiger partial charge in [-0.1, -0.05) is 29.8 Å². The van der Waals surface area contributed by atoms with E-state index in [0.717, 1.165) is 11.0 Å². The van der Waals surface area contributed by atoms with Crippen LogP contribution in [0.2, 0.25) is 5.02 Å². The quantitative estimate of drug-likeness (QED) is 0.278. The zero-order chi connectivity index (χ0) is 27.4. The number of nitrogens with one attached hydrogen (secondary N) is 3. The molecule has 2 aromatic rings. The van der Waals surface area contributed by atoms with Gasteiger partial charge < -0.3 is 5.32 Å². The maximum absolute atomic E-state index is 14.2. The molecule has 8 nitrogen and oxygen atoms in total. The van der Waals surface area contributed by atoms with Gasteiger partial charge in [0, 0.05) is 53.6 Å². The highest BCUT2D eigenvalue weighted by atomic mass is 35.5. The molecule has 1 aliphatic carbocycles. The number of benzene rings is 2. The molecule has 15 heteroatoms. The lowest BCUT2D eigenvalue weighted by Crippen LogP contribution is -2.55. The van der Waals surface area contributed by atoms with Crippen LogP contribution < -0.4 is 19.7 Å². The molecule has 0 aromatic heterocycles. The molecule has 0 bridgehead atoms. The smallest absolute Gasteiger partial charge is 0.277 e. The molecular weight excluding hydrogens is 563 g/mol. The first-order valence-corrected chi connectivity index (χ1v) is 13.2. The van der Waals surface area contributed by atoms with Crippen LogP contribution in [-0.2, 0) is 19.8 Å². The molecule has 202 valence electrons. The molecule has 0 radical (unpaired) electrons. The van der Waals surface area contributed by atoms with Crippen LogP contribution in [0.1, 0.15) is 24.4 Å². The summed E-state index contributed by atoms with van der Waals surface area (Å²) in [6.07, 6.45) is -1.25. The number of anilines is 1. The number of hydrogen-bond donors (Lipinski definition) is 3. The molecule has 0 aliphatic heterocycles. The zero-order valence-corrected chi connectivity index (χ0v) is 21.3. The van der Waals surface area contributed by atoms with Crippen LogP contribution in [0, 0.1) is 11.6 Å². The minimum absolute atomic E-state index is 0.00586. The van der Waals surface area contributed by atoms with Crippen LogP contribution >= 0.6 is 23.2 Å². The van der Waals surface area contributed by atoms with Gasteiger partial charge in [0.2, 0.25) is 11.8 Å². The van der Waals surface area contributed by atoms with E-state index in [9.17, 15) is 35.6 Å². The molecule has 1 atom stereocenters.